The molecule has 0 aliphatic carbocycles. The molecule has 12 heavy (non-hydrogen) atoms. The molecule has 0 bridgehead atoms. The molecule has 0 aliphatic heterocycles. The van der Waals surface area contributed by atoms with Crippen molar-refractivity contribution in [3.05, 3.63) is 36.9 Å². The van der Waals surface area contributed by atoms with Gasteiger partial charge in [0.1, 0.15) is 0 Å². The van der Waals surface area contributed by atoms with E-state index in [0.717, 1.165) is 11.3 Å². The number of nitrogens with one attached hydrogen (secondary N) is 2. The Labute approximate surface area is 71.8 Å². The molecule has 1 aromatic rings. The number of amides is 2. The van der Waals surface area contributed by atoms with E-state index in [1.54, 1.807) is 0 Å². The summed E-state index contributed by atoms with van der Waals surface area (Å²) in [4.78, 5) is 10.8. The van der Waals surface area contributed by atoms with Crippen LogP contribution in [0.25, 0.3) is 0 Å². The Bertz CT molecular complexity index is 266. The third-order valence-electron chi connectivity index (χ3n) is 1.47. The standard InChI is InChI=1S/C9H11N2O/c1-7-3-5-8(6-4-7)11-9(12)10-2/h3-6H,2H2,1H3,(H2,10,11,12). The van der Waals surface area contributed by atoms with E-state index >= 15 is 0 Å². The van der Waals surface area contributed by atoms with E-state index in [1.807, 2.05) is 31.2 Å². The first-order valence-corrected chi connectivity index (χ1v) is 3.63. The number of hydrogen-bond donors (Lipinski definition) is 2. The van der Waals surface area contributed by atoms with Crippen LogP contribution in [0.1, 0.15) is 5.56 Å². The van der Waals surface area contributed by atoms with Gasteiger partial charge < -0.3 is 10.6 Å². The Balaban J connectivity index is 2.64. The third-order valence-corrected chi connectivity index (χ3v) is 1.47. The minimum absolute atomic E-state index is 0.307. The minimum atomic E-state index is -0.307. The Morgan fingerprint density at radius 3 is 2.42 bits per heavy atom. The van der Waals surface area contributed by atoms with Crippen molar-refractivity contribution in [2.24, 2.45) is 0 Å². The summed E-state index contributed by atoms with van der Waals surface area (Å²) in [5.74, 6) is 0. The molecular weight excluding hydrogens is 152 g/mol. The lowest BCUT2D eigenvalue weighted by Crippen LogP contribution is -2.22. The van der Waals surface area contributed by atoms with Gasteiger partial charge in [-0.1, -0.05) is 17.7 Å². The summed E-state index contributed by atoms with van der Waals surface area (Å²) in [6.45, 7) is 1.99. The molecule has 2 amide bonds. The number of anilines is 1. The number of benzene rings is 1. The maximum atomic E-state index is 10.8. The Morgan fingerprint density at radius 2 is 1.92 bits per heavy atom. The van der Waals surface area contributed by atoms with E-state index in [0.29, 0.717) is 0 Å². The quantitative estimate of drug-likeness (QED) is 0.652. The molecule has 3 heteroatoms. The predicted octanol–water partition coefficient (Wildman–Crippen LogP) is 1.91. The number of carbonyl (C=O) groups is 1. The molecule has 0 fully saturated rings. The smallest absolute Gasteiger partial charge is 0.319 e. The fraction of sp³-hybridized carbons (Fsp3) is 0.111. The van der Waals surface area contributed by atoms with Crippen molar-refractivity contribution in [1.82, 2.24) is 5.32 Å². The zero-order chi connectivity index (χ0) is 8.97. The number of aryl methyl sites for hydroxylation is 1. The summed E-state index contributed by atoms with van der Waals surface area (Å²) in [7, 11) is 3.24. The first-order valence-electron chi connectivity index (χ1n) is 3.63. The fourth-order valence-electron chi connectivity index (χ4n) is 0.812. The lowest BCUT2D eigenvalue weighted by Gasteiger charge is -2.03. The molecule has 1 rings (SSSR count). The first-order chi connectivity index (χ1) is 5.72. The van der Waals surface area contributed by atoms with Crippen molar-refractivity contribution >= 4 is 11.7 Å². The van der Waals surface area contributed by atoms with Gasteiger partial charge in [0, 0.05) is 12.7 Å². The fourth-order valence-corrected chi connectivity index (χ4v) is 0.812. The van der Waals surface area contributed by atoms with Crippen LogP contribution in [0.15, 0.2) is 24.3 Å². The lowest BCUT2D eigenvalue weighted by atomic mass is 10.2. The molecule has 1 aromatic carbocycles. The highest BCUT2D eigenvalue weighted by Crippen LogP contribution is 2.07. The summed E-state index contributed by atoms with van der Waals surface area (Å²) < 4.78 is 0. The zero-order valence-electron chi connectivity index (χ0n) is 6.92. The first kappa shape index (κ1) is 8.59. The van der Waals surface area contributed by atoms with Crippen molar-refractivity contribution < 1.29 is 4.79 Å². The van der Waals surface area contributed by atoms with Gasteiger partial charge in [0.2, 0.25) is 0 Å². The van der Waals surface area contributed by atoms with E-state index in [4.69, 9.17) is 0 Å². The molecule has 1 radical (unpaired) electrons. The highest BCUT2D eigenvalue weighted by atomic mass is 16.2. The van der Waals surface area contributed by atoms with Crippen LogP contribution in [-0.4, -0.2) is 6.03 Å². The largest absolute Gasteiger partial charge is 0.336 e. The van der Waals surface area contributed by atoms with Gasteiger partial charge in [0.05, 0.1) is 0 Å². The van der Waals surface area contributed by atoms with Crippen LogP contribution < -0.4 is 10.6 Å². The molecule has 0 heterocycles. The summed E-state index contributed by atoms with van der Waals surface area (Å²) >= 11 is 0. The van der Waals surface area contributed by atoms with Crippen molar-refractivity contribution in [1.29, 1.82) is 0 Å². The molecule has 0 atom stereocenters. The zero-order valence-corrected chi connectivity index (χ0v) is 6.92. The van der Waals surface area contributed by atoms with E-state index in [2.05, 4.69) is 17.7 Å². The van der Waals surface area contributed by atoms with Crippen LogP contribution in [-0.2, 0) is 0 Å². The molecule has 0 saturated heterocycles. The van der Waals surface area contributed by atoms with Crippen LogP contribution in [0.2, 0.25) is 0 Å². The van der Waals surface area contributed by atoms with Crippen molar-refractivity contribution in [3.63, 3.8) is 0 Å². The average molecular weight is 163 g/mol. The highest BCUT2D eigenvalue weighted by Gasteiger charge is 1.96. The molecule has 0 aromatic heterocycles. The molecule has 0 spiro atoms. The number of carbonyl (C=O) groups excluding carboxylic acids is 1. The van der Waals surface area contributed by atoms with Crippen LogP contribution in [0.5, 0.6) is 0 Å². The molecule has 63 valence electrons. The van der Waals surface area contributed by atoms with Gasteiger partial charge in [-0.05, 0) is 19.1 Å². The number of urea groups is 1. The second-order valence-corrected chi connectivity index (χ2v) is 2.50. The summed E-state index contributed by atoms with van der Waals surface area (Å²) in [5.41, 5.74) is 1.93. The number of rotatable bonds is 1. The van der Waals surface area contributed by atoms with E-state index in [1.165, 1.54) is 0 Å². The average Bonchev–Trinajstić information content (AvgIpc) is 2.09. The van der Waals surface area contributed by atoms with Gasteiger partial charge in [-0.2, -0.15) is 0 Å². The van der Waals surface area contributed by atoms with Gasteiger partial charge >= 0.3 is 6.03 Å². The van der Waals surface area contributed by atoms with Gasteiger partial charge in [-0.3, -0.25) is 0 Å². The normalized spacial score (nSPS) is 9.17. The second kappa shape index (κ2) is 3.76. The van der Waals surface area contributed by atoms with Crippen molar-refractivity contribution in [2.45, 2.75) is 6.92 Å². The Kier molecular flexibility index (Phi) is 2.69. The summed E-state index contributed by atoms with van der Waals surface area (Å²) in [6.07, 6.45) is 0. The highest BCUT2D eigenvalue weighted by molar-refractivity contribution is 5.89. The van der Waals surface area contributed by atoms with E-state index < -0.39 is 0 Å². The molecule has 3 nitrogen and oxygen atoms in total. The van der Waals surface area contributed by atoms with Gasteiger partial charge in [0.25, 0.3) is 0 Å². The van der Waals surface area contributed by atoms with E-state index in [-0.39, 0.29) is 6.03 Å². The monoisotopic (exact) mass is 163 g/mol. The van der Waals surface area contributed by atoms with Gasteiger partial charge in [-0.25, -0.2) is 4.79 Å². The van der Waals surface area contributed by atoms with Crippen LogP contribution >= 0.6 is 0 Å². The molecule has 0 aliphatic rings. The molecule has 0 saturated carbocycles. The van der Waals surface area contributed by atoms with Crippen molar-refractivity contribution in [3.8, 4) is 0 Å². The second-order valence-electron chi connectivity index (χ2n) is 2.50. The van der Waals surface area contributed by atoms with Crippen LogP contribution in [0, 0.1) is 14.0 Å². The molecular formula is C9H11N2O. The maximum Gasteiger partial charge on any atom is 0.319 e. The SMILES string of the molecule is [CH2]NC(=O)Nc1ccc(C)cc1. The predicted molar refractivity (Wildman–Crippen MR) is 48.7 cm³/mol. The Morgan fingerprint density at radius 1 is 1.33 bits per heavy atom. The van der Waals surface area contributed by atoms with Crippen LogP contribution in [0.4, 0.5) is 10.5 Å². The summed E-state index contributed by atoms with van der Waals surface area (Å²) in [6, 6.07) is 7.23. The third kappa shape index (κ3) is 2.27. The minimum Gasteiger partial charge on any atom is -0.336 e. The molecule has 2 N–H and O–H groups in total. The Hall–Kier alpha value is -1.51. The van der Waals surface area contributed by atoms with Crippen molar-refractivity contribution in [2.75, 3.05) is 5.32 Å². The maximum absolute atomic E-state index is 10.8. The molecule has 0 unspecified atom stereocenters. The van der Waals surface area contributed by atoms with Crippen LogP contribution in [0.3, 0.4) is 0 Å². The lowest BCUT2D eigenvalue weighted by molar-refractivity contribution is 0.255. The topological polar surface area (TPSA) is 41.1 Å². The van der Waals surface area contributed by atoms with E-state index in [9.17, 15) is 4.79 Å². The van der Waals surface area contributed by atoms with Gasteiger partial charge in [-0.15, -0.1) is 0 Å². The number of hydrogen-bond acceptors (Lipinski definition) is 1. The summed E-state index contributed by atoms with van der Waals surface area (Å²) in [5, 5.41) is 4.83. The van der Waals surface area contributed by atoms with Gasteiger partial charge in [0.15, 0.2) is 0 Å².